The standard InChI is InChI=1S/C24H18NO8/c1-30-17-8-5-15(20(12-17)31-2)11-22-23(26)19-10-9-18(13-21(19)33-22)32-24(27)14-3-6-16(7-4-14)25(28)29/h3-13,28H,1-2H3/q-1. The van der Waals surface area contributed by atoms with Gasteiger partial charge in [-0.2, -0.15) is 0 Å². The molecular weight excluding hydrogens is 430 g/mol. The molecule has 0 amide bonds. The predicted octanol–water partition coefficient (Wildman–Crippen LogP) is 4.23. The van der Waals surface area contributed by atoms with Gasteiger partial charge in [-0.1, -0.05) is 0 Å². The van der Waals surface area contributed by atoms with Crippen molar-refractivity contribution in [3.63, 3.8) is 0 Å². The Morgan fingerprint density at radius 1 is 1.00 bits per heavy atom. The Balaban J connectivity index is 1.53. The molecule has 0 radical (unpaired) electrons. The van der Waals surface area contributed by atoms with Gasteiger partial charge in [0.25, 0.3) is 0 Å². The maximum absolute atomic E-state index is 12.7. The Morgan fingerprint density at radius 3 is 2.39 bits per heavy atom. The first-order chi connectivity index (χ1) is 15.9. The lowest BCUT2D eigenvalue weighted by molar-refractivity contribution is 0.0734. The highest BCUT2D eigenvalue weighted by molar-refractivity contribution is 6.14. The van der Waals surface area contributed by atoms with E-state index in [0.717, 1.165) is 0 Å². The van der Waals surface area contributed by atoms with Crippen molar-refractivity contribution in [3.05, 3.63) is 88.3 Å². The minimum absolute atomic E-state index is 0.0243. The number of Topliss-reactive ketones (excluding diaryl/α,β-unsaturated/α-hetero) is 1. The number of ketones is 1. The molecule has 4 rings (SSSR count). The first-order valence-electron chi connectivity index (χ1n) is 9.68. The Morgan fingerprint density at radius 2 is 1.73 bits per heavy atom. The van der Waals surface area contributed by atoms with Crippen molar-refractivity contribution >= 4 is 23.5 Å². The number of methoxy groups -OCH3 is 2. The number of carbonyl (C=O) groups is 2. The van der Waals surface area contributed by atoms with Crippen LogP contribution in [-0.4, -0.2) is 31.2 Å². The second kappa shape index (κ2) is 9.03. The van der Waals surface area contributed by atoms with Gasteiger partial charge >= 0.3 is 5.97 Å². The molecule has 168 valence electrons. The van der Waals surface area contributed by atoms with Crippen LogP contribution in [0.2, 0.25) is 0 Å². The number of carbonyl (C=O) groups excluding carboxylic acids is 2. The molecule has 3 aromatic carbocycles. The average molecular weight is 448 g/mol. The van der Waals surface area contributed by atoms with Crippen molar-refractivity contribution in [2.75, 3.05) is 19.4 Å². The van der Waals surface area contributed by atoms with Gasteiger partial charge < -0.3 is 29.4 Å². The zero-order chi connectivity index (χ0) is 23.5. The van der Waals surface area contributed by atoms with Crippen LogP contribution in [0.15, 0.2) is 66.4 Å². The molecule has 1 heterocycles. The molecule has 0 bridgehead atoms. The fraction of sp³-hybridized carbons (Fsp3) is 0.0833. The summed E-state index contributed by atoms with van der Waals surface area (Å²) in [6.07, 6.45) is 1.56. The monoisotopic (exact) mass is 448 g/mol. The van der Waals surface area contributed by atoms with Gasteiger partial charge in [0.2, 0.25) is 5.78 Å². The molecule has 0 aliphatic carbocycles. The Labute approximate surface area is 188 Å². The number of hydrogen-bond acceptors (Lipinski definition) is 9. The van der Waals surface area contributed by atoms with E-state index in [9.17, 15) is 14.8 Å². The Hall–Kier alpha value is -4.34. The topological polar surface area (TPSA) is 118 Å². The normalized spacial score (nSPS) is 13.3. The summed E-state index contributed by atoms with van der Waals surface area (Å²) in [6.45, 7) is 0. The number of allylic oxidation sites excluding steroid dienone is 1. The zero-order valence-corrected chi connectivity index (χ0v) is 17.6. The largest absolute Gasteiger partial charge is 0.733 e. The fourth-order valence-electron chi connectivity index (χ4n) is 3.20. The van der Waals surface area contributed by atoms with Crippen LogP contribution in [0.3, 0.4) is 0 Å². The van der Waals surface area contributed by atoms with Crippen molar-refractivity contribution < 1.29 is 33.7 Å². The van der Waals surface area contributed by atoms with Gasteiger partial charge in [0.15, 0.2) is 5.76 Å². The molecule has 0 saturated carbocycles. The van der Waals surface area contributed by atoms with Gasteiger partial charge in [0, 0.05) is 17.7 Å². The van der Waals surface area contributed by atoms with Crippen LogP contribution in [0.25, 0.3) is 6.08 Å². The number of fused-ring (bicyclic) bond motifs is 1. The van der Waals surface area contributed by atoms with Crippen LogP contribution in [-0.2, 0) is 0 Å². The van der Waals surface area contributed by atoms with Crippen molar-refractivity contribution in [3.8, 4) is 23.0 Å². The lowest BCUT2D eigenvalue weighted by Gasteiger charge is -2.21. The van der Waals surface area contributed by atoms with Gasteiger partial charge in [-0.15, -0.1) is 0 Å². The molecule has 9 heteroatoms. The second-order valence-corrected chi connectivity index (χ2v) is 6.91. The third-order valence-corrected chi connectivity index (χ3v) is 4.90. The van der Waals surface area contributed by atoms with E-state index in [1.807, 2.05) is 0 Å². The third kappa shape index (κ3) is 4.49. The van der Waals surface area contributed by atoms with E-state index in [1.165, 1.54) is 49.6 Å². The van der Waals surface area contributed by atoms with E-state index in [0.29, 0.717) is 22.6 Å². The molecule has 3 aromatic rings. The smallest absolute Gasteiger partial charge is 0.343 e. The fourth-order valence-corrected chi connectivity index (χ4v) is 3.20. The number of esters is 1. The zero-order valence-electron chi connectivity index (χ0n) is 17.6. The summed E-state index contributed by atoms with van der Waals surface area (Å²) in [6, 6.07) is 14.8. The van der Waals surface area contributed by atoms with E-state index < -0.39 is 5.97 Å². The molecule has 1 aliphatic rings. The minimum atomic E-state index is -0.681. The molecule has 0 fully saturated rings. The summed E-state index contributed by atoms with van der Waals surface area (Å²) < 4.78 is 21.6. The maximum Gasteiger partial charge on any atom is 0.343 e. The minimum Gasteiger partial charge on any atom is -0.733 e. The van der Waals surface area contributed by atoms with E-state index in [4.69, 9.17) is 24.2 Å². The first kappa shape index (κ1) is 21.9. The van der Waals surface area contributed by atoms with Crippen molar-refractivity contribution in [2.45, 2.75) is 0 Å². The average Bonchev–Trinajstić information content (AvgIpc) is 3.13. The van der Waals surface area contributed by atoms with Crippen molar-refractivity contribution in [1.29, 1.82) is 0 Å². The first-order valence-corrected chi connectivity index (χ1v) is 9.68. The number of anilines is 1. The van der Waals surface area contributed by atoms with E-state index in [1.54, 1.807) is 31.4 Å². The molecule has 0 unspecified atom stereocenters. The SMILES string of the molecule is COc1ccc(C=C2Oc3cc(OC(=O)c4ccc(N([O-])O)cc4)ccc3C2=O)c(OC)c1. The van der Waals surface area contributed by atoms with Gasteiger partial charge in [0.05, 0.1) is 31.0 Å². The summed E-state index contributed by atoms with van der Waals surface area (Å²) >= 11 is 0. The summed E-state index contributed by atoms with van der Waals surface area (Å²) in [4.78, 5) is 25.1. The number of rotatable bonds is 6. The maximum atomic E-state index is 12.7. The molecule has 1 aliphatic heterocycles. The number of benzene rings is 3. The third-order valence-electron chi connectivity index (χ3n) is 4.90. The number of nitrogens with zero attached hydrogens (tertiary/aromatic N) is 1. The lowest BCUT2D eigenvalue weighted by atomic mass is 10.1. The van der Waals surface area contributed by atoms with Crippen LogP contribution in [0, 0.1) is 5.21 Å². The molecule has 0 aromatic heterocycles. The van der Waals surface area contributed by atoms with Crippen LogP contribution < -0.4 is 24.2 Å². The van der Waals surface area contributed by atoms with Crippen molar-refractivity contribution in [2.24, 2.45) is 0 Å². The molecule has 0 saturated heterocycles. The summed E-state index contributed by atoms with van der Waals surface area (Å²) in [7, 11) is 3.05. The second-order valence-electron chi connectivity index (χ2n) is 6.91. The molecule has 33 heavy (non-hydrogen) atoms. The van der Waals surface area contributed by atoms with Crippen molar-refractivity contribution in [1.82, 2.24) is 0 Å². The summed E-state index contributed by atoms with van der Waals surface area (Å²) in [5.41, 5.74) is 1.11. The van der Waals surface area contributed by atoms with Gasteiger partial charge in [-0.25, -0.2) is 4.79 Å². The molecule has 0 spiro atoms. The van der Waals surface area contributed by atoms with Gasteiger partial charge in [0.1, 0.15) is 23.0 Å². The van der Waals surface area contributed by atoms with Crippen LogP contribution in [0.4, 0.5) is 5.69 Å². The van der Waals surface area contributed by atoms with E-state index in [-0.39, 0.29) is 39.5 Å². The van der Waals surface area contributed by atoms with Crippen LogP contribution >= 0.6 is 0 Å². The van der Waals surface area contributed by atoms with Gasteiger partial charge in [-0.3, -0.25) is 10.0 Å². The number of ether oxygens (including phenoxy) is 4. The number of hydrogen-bond donors (Lipinski definition) is 1. The molecular formula is C24H18NO8-. The van der Waals surface area contributed by atoms with E-state index >= 15 is 0 Å². The molecule has 9 nitrogen and oxygen atoms in total. The highest BCUT2D eigenvalue weighted by Gasteiger charge is 2.28. The Kier molecular flexibility index (Phi) is 5.99. The highest BCUT2D eigenvalue weighted by atomic mass is 16.8. The quantitative estimate of drug-likeness (QED) is 0.256. The lowest BCUT2D eigenvalue weighted by Crippen LogP contribution is -2.10. The van der Waals surface area contributed by atoms with E-state index in [2.05, 4.69) is 0 Å². The molecule has 0 atom stereocenters. The van der Waals surface area contributed by atoms with Crippen LogP contribution in [0.5, 0.6) is 23.0 Å². The molecule has 1 N–H and O–H groups in total. The van der Waals surface area contributed by atoms with Gasteiger partial charge in [-0.05, 0) is 54.6 Å². The highest BCUT2D eigenvalue weighted by Crippen LogP contribution is 2.36. The predicted molar refractivity (Wildman–Crippen MR) is 118 cm³/mol. The van der Waals surface area contributed by atoms with Crippen LogP contribution in [0.1, 0.15) is 26.3 Å². The summed E-state index contributed by atoms with van der Waals surface area (Å²) in [5, 5.41) is 19.4. The summed E-state index contributed by atoms with van der Waals surface area (Å²) in [5.74, 6) is 0.643. The Bertz CT molecular complexity index is 1250.